The third-order valence-electron chi connectivity index (χ3n) is 3.33. The van der Waals surface area contributed by atoms with E-state index in [1.165, 1.54) is 0 Å². The van der Waals surface area contributed by atoms with Gasteiger partial charge in [0.05, 0.1) is 0 Å². The Hall–Kier alpha value is -1.42. The van der Waals surface area contributed by atoms with E-state index < -0.39 is 11.5 Å². The monoisotopic (exact) mass is 206 g/mol. The number of fused-ring (bicyclic) bond motifs is 1. The molecule has 0 saturated heterocycles. The lowest BCUT2D eigenvalue weighted by molar-refractivity contribution is -0.146. The van der Waals surface area contributed by atoms with Crippen molar-refractivity contribution in [2.45, 2.75) is 25.3 Å². The number of pyridine rings is 1. The van der Waals surface area contributed by atoms with Gasteiger partial charge < -0.3 is 10.8 Å². The number of aliphatic carboxylic acids is 1. The summed E-state index contributed by atoms with van der Waals surface area (Å²) >= 11 is 0. The Bertz CT molecular complexity index is 405. The molecule has 80 valence electrons. The zero-order valence-electron chi connectivity index (χ0n) is 8.60. The molecule has 1 heterocycles. The highest BCUT2D eigenvalue weighted by Crippen LogP contribution is 2.37. The van der Waals surface area contributed by atoms with Gasteiger partial charge in [-0.05, 0) is 36.0 Å². The Kier molecular flexibility index (Phi) is 2.23. The molecule has 0 aromatic carbocycles. The minimum Gasteiger partial charge on any atom is -0.480 e. The van der Waals surface area contributed by atoms with Crippen molar-refractivity contribution in [3.05, 3.63) is 29.6 Å². The number of aromatic nitrogens is 1. The minimum absolute atomic E-state index is 0.0510. The van der Waals surface area contributed by atoms with Gasteiger partial charge in [-0.1, -0.05) is 6.92 Å². The topological polar surface area (TPSA) is 76.2 Å². The van der Waals surface area contributed by atoms with E-state index in [4.69, 9.17) is 5.73 Å². The van der Waals surface area contributed by atoms with Crippen LogP contribution in [0, 0.1) is 5.92 Å². The Labute approximate surface area is 88.1 Å². The van der Waals surface area contributed by atoms with E-state index in [1.807, 2.05) is 6.92 Å². The minimum atomic E-state index is -1.25. The van der Waals surface area contributed by atoms with Crippen LogP contribution >= 0.6 is 0 Å². The van der Waals surface area contributed by atoms with Gasteiger partial charge in [0.25, 0.3) is 0 Å². The molecule has 0 amide bonds. The lowest BCUT2D eigenvalue weighted by Gasteiger charge is -2.37. The van der Waals surface area contributed by atoms with Crippen LogP contribution in [0.25, 0.3) is 0 Å². The molecule has 15 heavy (non-hydrogen) atoms. The Morgan fingerprint density at radius 2 is 2.47 bits per heavy atom. The van der Waals surface area contributed by atoms with Crippen molar-refractivity contribution >= 4 is 5.97 Å². The first-order valence-corrected chi connectivity index (χ1v) is 5.02. The highest BCUT2D eigenvalue weighted by Gasteiger charge is 2.45. The highest BCUT2D eigenvalue weighted by atomic mass is 16.4. The van der Waals surface area contributed by atoms with E-state index in [9.17, 15) is 9.90 Å². The highest BCUT2D eigenvalue weighted by molar-refractivity contribution is 5.81. The fourth-order valence-electron chi connectivity index (χ4n) is 2.22. The lowest BCUT2D eigenvalue weighted by atomic mass is 9.71. The molecule has 3 N–H and O–H groups in total. The van der Waals surface area contributed by atoms with E-state index in [2.05, 4.69) is 4.98 Å². The van der Waals surface area contributed by atoms with Crippen LogP contribution in [0.4, 0.5) is 0 Å². The maximum absolute atomic E-state index is 11.3. The van der Waals surface area contributed by atoms with Crippen LogP contribution in [-0.2, 0) is 16.8 Å². The summed E-state index contributed by atoms with van der Waals surface area (Å²) in [5.41, 5.74) is 6.45. The third kappa shape index (κ3) is 1.33. The zero-order chi connectivity index (χ0) is 11.1. The van der Waals surface area contributed by atoms with Crippen molar-refractivity contribution in [3.63, 3.8) is 0 Å². The summed E-state index contributed by atoms with van der Waals surface area (Å²) in [6, 6.07) is 1.72. The van der Waals surface area contributed by atoms with E-state index in [0.29, 0.717) is 5.56 Å². The van der Waals surface area contributed by atoms with Crippen LogP contribution in [-0.4, -0.2) is 16.1 Å². The second-order valence-corrected chi connectivity index (χ2v) is 4.15. The first-order valence-electron chi connectivity index (χ1n) is 5.02. The lowest BCUT2D eigenvalue weighted by Crippen LogP contribution is -2.52. The van der Waals surface area contributed by atoms with Crippen molar-refractivity contribution < 1.29 is 9.90 Å². The molecule has 0 bridgehead atoms. The maximum atomic E-state index is 11.3. The van der Waals surface area contributed by atoms with E-state index >= 15 is 0 Å². The van der Waals surface area contributed by atoms with Crippen LogP contribution < -0.4 is 5.73 Å². The molecular formula is C11H14N2O2. The van der Waals surface area contributed by atoms with Crippen molar-refractivity contribution in [2.75, 3.05) is 0 Å². The van der Waals surface area contributed by atoms with Crippen LogP contribution in [0.1, 0.15) is 24.5 Å². The summed E-state index contributed by atoms with van der Waals surface area (Å²) in [5, 5.41) is 9.27. The van der Waals surface area contributed by atoms with Gasteiger partial charge in [0, 0.05) is 12.4 Å². The number of rotatable bonds is 1. The van der Waals surface area contributed by atoms with E-state index in [1.54, 1.807) is 18.5 Å². The molecule has 0 aliphatic heterocycles. The van der Waals surface area contributed by atoms with Gasteiger partial charge >= 0.3 is 5.97 Å². The molecule has 0 fully saturated rings. The van der Waals surface area contributed by atoms with Crippen LogP contribution in [0.5, 0.6) is 0 Å². The molecule has 4 nitrogen and oxygen atoms in total. The van der Waals surface area contributed by atoms with Gasteiger partial charge in [-0.15, -0.1) is 0 Å². The predicted molar refractivity (Wildman–Crippen MR) is 55.2 cm³/mol. The summed E-state index contributed by atoms with van der Waals surface area (Å²) in [6.07, 6.45) is 4.96. The number of nitrogens with zero attached hydrogens (tertiary/aromatic N) is 1. The Morgan fingerprint density at radius 1 is 1.73 bits per heavy atom. The average molecular weight is 206 g/mol. The Morgan fingerprint density at radius 3 is 3.13 bits per heavy atom. The summed E-state index contributed by atoms with van der Waals surface area (Å²) in [7, 11) is 0. The summed E-state index contributed by atoms with van der Waals surface area (Å²) in [5.74, 6) is -1.01. The van der Waals surface area contributed by atoms with Gasteiger partial charge in [0.2, 0.25) is 0 Å². The zero-order valence-corrected chi connectivity index (χ0v) is 8.60. The Balaban J connectivity index is 2.60. The number of aryl methyl sites for hydroxylation is 1. The molecule has 2 unspecified atom stereocenters. The number of carbonyl (C=O) groups is 1. The first kappa shape index (κ1) is 10.1. The number of hydrogen-bond donors (Lipinski definition) is 2. The van der Waals surface area contributed by atoms with Crippen molar-refractivity contribution in [1.29, 1.82) is 0 Å². The molecule has 1 aromatic rings. The smallest absolute Gasteiger partial charge is 0.328 e. The molecular weight excluding hydrogens is 192 g/mol. The average Bonchev–Trinajstić information content (AvgIpc) is 2.23. The largest absolute Gasteiger partial charge is 0.480 e. The van der Waals surface area contributed by atoms with Crippen LogP contribution in [0.3, 0.4) is 0 Å². The normalized spacial score (nSPS) is 29.6. The van der Waals surface area contributed by atoms with Crippen LogP contribution in [0.15, 0.2) is 18.5 Å². The molecule has 0 saturated carbocycles. The van der Waals surface area contributed by atoms with Crippen LogP contribution in [0.2, 0.25) is 0 Å². The predicted octanol–water partition coefficient (Wildman–Crippen LogP) is 0.903. The van der Waals surface area contributed by atoms with E-state index in [-0.39, 0.29) is 5.92 Å². The summed E-state index contributed by atoms with van der Waals surface area (Å²) < 4.78 is 0. The fourth-order valence-corrected chi connectivity index (χ4v) is 2.22. The second-order valence-electron chi connectivity index (χ2n) is 4.15. The van der Waals surface area contributed by atoms with Gasteiger partial charge in [0.15, 0.2) is 0 Å². The number of carboxylic acid groups (broad SMARTS) is 1. The van der Waals surface area contributed by atoms with Gasteiger partial charge in [-0.25, -0.2) is 4.79 Å². The van der Waals surface area contributed by atoms with E-state index in [0.717, 1.165) is 18.4 Å². The molecule has 0 radical (unpaired) electrons. The molecule has 1 aliphatic rings. The molecule has 2 rings (SSSR count). The second kappa shape index (κ2) is 3.31. The first-order chi connectivity index (χ1) is 7.06. The fraction of sp³-hybridized carbons (Fsp3) is 0.455. The van der Waals surface area contributed by atoms with Crippen molar-refractivity contribution in [2.24, 2.45) is 11.7 Å². The molecule has 1 aromatic heterocycles. The van der Waals surface area contributed by atoms with Crippen molar-refractivity contribution in [3.8, 4) is 0 Å². The summed E-state index contributed by atoms with van der Waals surface area (Å²) in [6.45, 7) is 1.89. The van der Waals surface area contributed by atoms with Crippen molar-refractivity contribution in [1.82, 2.24) is 4.98 Å². The molecule has 2 atom stereocenters. The summed E-state index contributed by atoms with van der Waals surface area (Å²) in [4.78, 5) is 15.3. The molecule has 4 heteroatoms. The quantitative estimate of drug-likeness (QED) is 0.715. The SMILES string of the molecule is CC1CCc2cnccc2C1(N)C(=O)O. The number of nitrogens with two attached hydrogens (primary N) is 1. The molecule has 1 aliphatic carbocycles. The molecule has 0 spiro atoms. The maximum Gasteiger partial charge on any atom is 0.328 e. The third-order valence-corrected chi connectivity index (χ3v) is 3.33. The van der Waals surface area contributed by atoms with Gasteiger partial charge in [0.1, 0.15) is 5.54 Å². The van der Waals surface area contributed by atoms with Gasteiger partial charge in [-0.2, -0.15) is 0 Å². The van der Waals surface area contributed by atoms with Gasteiger partial charge in [-0.3, -0.25) is 4.98 Å². The number of carboxylic acids is 1. The number of hydrogen-bond acceptors (Lipinski definition) is 3. The standard InChI is InChI=1S/C11H14N2O2/c1-7-2-3-8-6-13-5-4-9(8)11(7,12)10(14)15/h4-7H,2-3,12H2,1H3,(H,14,15).